The molecule has 1 fully saturated rings. The zero-order chi connectivity index (χ0) is 23.0. The molecule has 4 rings (SSSR count). The number of nitrogens with zero attached hydrogens (tertiary/aromatic N) is 2. The monoisotopic (exact) mass is 432 g/mol. The highest BCUT2D eigenvalue weighted by atomic mass is 16.2. The van der Waals surface area contributed by atoms with Gasteiger partial charge in [0.15, 0.2) is 0 Å². The molecule has 1 amide bonds. The summed E-state index contributed by atoms with van der Waals surface area (Å²) in [6.07, 6.45) is 3.87. The fourth-order valence-electron chi connectivity index (χ4n) is 5.02. The molecule has 2 aromatic heterocycles. The maximum atomic E-state index is 13.5. The third-order valence-corrected chi connectivity index (χ3v) is 7.09. The molecule has 1 saturated heterocycles. The molecule has 0 spiro atoms. The van der Waals surface area contributed by atoms with Gasteiger partial charge in [-0.05, 0) is 87.4 Å². The molecule has 5 heteroatoms. The second kappa shape index (κ2) is 8.70. The summed E-state index contributed by atoms with van der Waals surface area (Å²) in [6.45, 7) is 12.9. The number of aromatic amines is 1. The van der Waals surface area contributed by atoms with Crippen molar-refractivity contribution in [2.45, 2.75) is 58.8 Å². The van der Waals surface area contributed by atoms with Crippen LogP contribution >= 0.6 is 0 Å². The second-order valence-corrected chi connectivity index (χ2v) is 10.1. The molecule has 0 radical (unpaired) electrons. The number of carbonyl (C=O) groups is 1. The number of aromatic nitrogens is 2. The lowest BCUT2D eigenvalue weighted by molar-refractivity contribution is -0.137. The summed E-state index contributed by atoms with van der Waals surface area (Å²) in [7, 11) is 0. The van der Waals surface area contributed by atoms with Crippen molar-refractivity contribution in [2.75, 3.05) is 19.6 Å². The van der Waals surface area contributed by atoms with Gasteiger partial charge in [0.25, 0.3) is 0 Å². The highest BCUT2D eigenvalue weighted by Gasteiger charge is 2.35. The van der Waals surface area contributed by atoms with Gasteiger partial charge in [0.1, 0.15) is 0 Å². The Balaban J connectivity index is 1.72. The molecule has 0 saturated carbocycles. The smallest absolute Gasteiger partial charge is 0.232 e. The van der Waals surface area contributed by atoms with Gasteiger partial charge >= 0.3 is 0 Å². The summed E-state index contributed by atoms with van der Waals surface area (Å²) in [6, 6.07) is 10.6. The van der Waals surface area contributed by atoms with Crippen molar-refractivity contribution in [2.24, 2.45) is 11.7 Å². The number of hydrogen-bond acceptors (Lipinski definition) is 3. The first-order valence-corrected chi connectivity index (χ1v) is 11.8. The molecule has 32 heavy (non-hydrogen) atoms. The summed E-state index contributed by atoms with van der Waals surface area (Å²) in [4.78, 5) is 23.5. The van der Waals surface area contributed by atoms with E-state index < -0.39 is 5.41 Å². The van der Waals surface area contributed by atoms with Crippen molar-refractivity contribution in [1.82, 2.24) is 14.9 Å². The zero-order valence-corrected chi connectivity index (χ0v) is 20.0. The highest BCUT2D eigenvalue weighted by Crippen LogP contribution is 2.38. The van der Waals surface area contributed by atoms with Crippen LogP contribution in [0.1, 0.15) is 63.3 Å². The van der Waals surface area contributed by atoms with E-state index in [-0.39, 0.29) is 5.91 Å². The van der Waals surface area contributed by atoms with E-state index >= 15 is 0 Å². The Morgan fingerprint density at radius 2 is 1.94 bits per heavy atom. The van der Waals surface area contributed by atoms with E-state index in [4.69, 9.17) is 5.73 Å². The second-order valence-electron chi connectivity index (χ2n) is 10.1. The minimum Gasteiger partial charge on any atom is -0.354 e. The molecule has 3 aromatic rings. The Kier molecular flexibility index (Phi) is 6.13. The van der Waals surface area contributed by atoms with Crippen LogP contribution in [0.3, 0.4) is 0 Å². The fourth-order valence-corrected chi connectivity index (χ4v) is 5.02. The maximum absolute atomic E-state index is 13.5. The van der Waals surface area contributed by atoms with Crippen LogP contribution in [0, 0.1) is 12.8 Å². The number of aryl methyl sites for hydroxylation is 1. The van der Waals surface area contributed by atoms with E-state index in [2.05, 4.69) is 68.0 Å². The summed E-state index contributed by atoms with van der Waals surface area (Å²) in [5, 5.41) is 1.20. The van der Waals surface area contributed by atoms with Crippen molar-refractivity contribution in [3.63, 3.8) is 0 Å². The van der Waals surface area contributed by atoms with Gasteiger partial charge in [0, 0.05) is 41.4 Å². The third kappa shape index (κ3) is 4.06. The SMILES string of the molecule is Cc1cc(-c2[nH]c3ccc(C(C)(C)C(=O)N4CCC(CN)CC4)cc3c2C(C)C)ccn1. The quantitative estimate of drug-likeness (QED) is 0.586. The third-order valence-electron chi connectivity index (χ3n) is 7.09. The molecule has 5 nitrogen and oxygen atoms in total. The lowest BCUT2D eigenvalue weighted by atomic mass is 9.81. The number of rotatable bonds is 5. The van der Waals surface area contributed by atoms with E-state index in [0.717, 1.165) is 54.0 Å². The number of nitrogens with one attached hydrogen (secondary N) is 1. The summed E-state index contributed by atoms with van der Waals surface area (Å²) in [5.74, 6) is 1.10. The molecular formula is C27H36N4O. The number of H-pyrrole nitrogens is 1. The van der Waals surface area contributed by atoms with Crippen LogP contribution in [0.2, 0.25) is 0 Å². The number of amides is 1. The van der Waals surface area contributed by atoms with Crippen molar-refractivity contribution >= 4 is 16.8 Å². The number of likely N-dealkylation sites (tertiary alicyclic amines) is 1. The average molecular weight is 433 g/mol. The van der Waals surface area contributed by atoms with Gasteiger partial charge in [-0.15, -0.1) is 0 Å². The van der Waals surface area contributed by atoms with E-state index in [1.807, 2.05) is 18.0 Å². The first-order chi connectivity index (χ1) is 15.2. The van der Waals surface area contributed by atoms with Gasteiger partial charge in [-0.25, -0.2) is 0 Å². The predicted molar refractivity (Wildman–Crippen MR) is 132 cm³/mol. The maximum Gasteiger partial charge on any atom is 0.232 e. The lowest BCUT2D eigenvalue weighted by Crippen LogP contribution is -2.47. The molecule has 1 aliphatic heterocycles. The highest BCUT2D eigenvalue weighted by molar-refractivity contribution is 5.94. The molecule has 0 unspecified atom stereocenters. The Hall–Kier alpha value is -2.66. The number of piperidine rings is 1. The van der Waals surface area contributed by atoms with Crippen LogP contribution in [-0.2, 0) is 10.2 Å². The van der Waals surface area contributed by atoms with Crippen LogP contribution in [-0.4, -0.2) is 40.4 Å². The molecule has 0 atom stereocenters. The number of hydrogen-bond donors (Lipinski definition) is 2. The van der Waals surface area contributed by atoms with Crippen LogP contribution in [0.5, 0.6) is 0 Å². The first-order valence-electron chi connectivity index (χ1n) is 11.8. The Morgan fingerprint density at radius 3 is 2.56 bits per heavy atom. The fraction of sp³-hybridized carbons (Fsp3) is 0.481. The zero-order valence-electron chi connectivity index (χ0n) is 20.0. The largest absolute Gasteiger partial charge is 0.354 e. The molecule has 3 heterocycles. The number of nitrogens with two attached hydrogens (primary N) is 1. The number of benzene rings is 1. The molecule has 1 aromatic carbocycles. The van der Waals surface area contributed by atoms with Gasteiger partial charge in [-0.3, -0.25) is 9.78 Å². The minimum atomic E-state index is -0.581. The molecular weight excluding hydrogens is 396 g/mol. The average Bonchev–Trinajstić information content (AvgIpc) is 3.18. The van der Waals surface area contributed by atoms with Crippen molar-refractivity contribution in [3.05, 3.63) is 53.3 Å². The minimum absolute atomic E-state index is 0.207. The lowest BCUT2D eigenvalue weighted by Gasteiger charge is -2.37. The van der Waals surface area contributed by atoms with Crippen molar-refractivity contribution < 1.29 is 4.79 Å². The normalized spacial score (nSPS) is 15.7. The Labute approximate surface area is 191 Å². The van der Waals surface area contributed by atoms with E-state index in [1.54, 1.807) is 0 Å². The summed E-state index contributed by atoms with van der Waals surface area (Å²) in [5.41, 5.74) is 12.0. The summed E-state index contributed by atoms with van der Waals surface area (Å²) < 4.78 is 0. The topological polar surface area (TPSA) is 75.0 Å². The van der Waals surface area contributed by atoms with E-state index in [0.29, 0.717) is 18.4 Å². The number of carbonyl (C=O) groups excluding carboxylic acids is 1. The predicted octanol–water partition coefficient (Wildman–Crippen LogP) is 5.14. The molecule has 3 N–H and O–H groups in total. The van der Waals surface area contributed by atoms with Crippen LogP contribution in [0.4, 0.5) is 0 Å². The Bertz CT molecular complexity index is 1120. The number of fused-ring (bicyclic) bond motifs is 1. The molecule has 0 bridgehead atoms. The molecule has 0 aliphatic carbocycles. The van der Waals surface area contributed by atoms with Crippen LogP contribution in [0.15, 0.2) is 36.5 Å². The van der Waals surface area contributed by atoms with Gasteiger partial charge in [0.2, 0.25) is 5.91 Å². The summed E-state index contributed by atoms with van der Waals surface area (Å²) >= 11 is 0. The molecule has 1 aliphatic rings. The van der Waals surface area contributed by atoms with Gasteiger partial charge in [0.05, 0.1) is 11.1 Å². The molecule has 170 valence electrons. The van der Waals surface area contributed by atoms with Crippen LogP contribution in [0.25, 0.3) is 22.2 Å². The van der Waals surface area contributed by atoms with Crippen molar-refractivity contribution in [3.8, 4) is 11.3 Å². The first kappa shape index (κ1) is 22.5. The van der Waals surface area contributed by atoms with Gasteiger partial charge in [-0.2, -0.15) is 0 Å². The van der Waals surface area contributed by atoms with E-state index in [1.165, 1.54) is 10.9 Å². The van der Waals surface area contributed by atoms with E-state index in [9.17, 15) is 4.79 Å². The van der Waals surface area contributed by atoms with Gasteiger partial charge in [-0.1, -0.05) is 19.9 Å². The standard InChI is InChI=1S/C27H36N4O/c1-17(2)24-22-15-21(27(4,5)26(32)31-12-9-19(16-28)10-13-31)6-7-23(22)30-25(24)20-8-11-29-18(3)14-20/h6-8,11,14-15,17,19,30H,9-10,12-13,16,28H2,1-5H3. The number of pyridine rings is 1. The van der Waals surface area contributed by atoms with Crippen LogP contribution < -0.4 is 5.73 Å². The van der Waals surface area contributed by atoms with Crippen molar-refractivity contribution in [1.29, 1.82) is 0 Å². The van der Waals surface area contributed by atoms with Gasteiger partial charge < -0.3 is 15.6 Å². The Morgan fingerprint density at radius 1 is 1.22 bits per heavy atom.